The molecular weight excluding hydrogens is 211 g/mol. The Morgan fingerprint density at radius 3 is 2.08 bits per heavy atom. The van der Waals surface area contributed by atoms with Crippen LogP contribution in [0.25, 0.3) is 0 Å². The molecule has 0 N–H and O–H groups in total. The first-order chi connectivity index (χ1) is 5.80. The summed E-state index contributed by atoms with van der Waals surface area (Å²) in [5, 5.41) is 0. The Morgan fingerprint density at radius 2 is 1.85 bits per heavy atom. The Labute approximate surface area is 77.4 Å². The van der Waals surface area contributed by atoms with E-state index in [1.165, 1.54) is 0 Å². The molecule has 0 unspecified atom stereocenters. The maximum Gasteiger partial charge on any atom is 0.471 e. The molecule has 7 heteroatoms. The second-order valence-corrected chi connectivity index (χ2v) is 2.54. The van der Waals surface area contributed by atoms with Crippen molar-refractivity contribution in [1.29, 1.82) is 0 Å². The first-order valence-electron chi connectivity index (χ1n) is 3.26. The molecule has 0 radical (unpaired) electrons. The van der Waals surface area contributed by atoms with Crippen molar-refractivity contribution in [2.45, 2.75) is 13.1 Å². The minimum Gasteiger partial charge on any atom is -0.275 e. The molecule has 3 nitrogen and oxygen atoms in total. The molecule has 76 valence electrons. The van der Waals surface area contributed by atoms with Gasteiger partial charge in [0.05, 0.1) is 0 Å². The number of carbonyl (C=O) groups excluding carboxylic acids is 2. The van der Waals surface area contributed by atoms with Gasteiger partial charge in [-0.2, -0.15) is 13.2 Å². The summed E-state index contributed by atoms with van der Waals surface area (Å²) in [6.07, 6.45) is -5.03. The van der Waals surface area contributed by atoms with Crippen molar-refractivity contribution < 1.29 is 22.8 Å². The molecule has 0 saturated carbocycles. The van der Waals surface area contributed by atoms with E-state index in [-0.39, 0.29) is 10.8 Å². The van der Waals surface area contributed by atoms with E-state index in [2.05, 4.69) is 0 Å². The predicted molar refractivity (Wildman–Crippen MR) is 39.2 cm³/mol. The van der Waals surface area contributed by atoms with Crippen molar-refractivity contribution in [2.24, 2.45) is 0 Å². The second-order valence-electron chi connectivity index (χ2n) is 2.16. The van der Waals surface area contributed by atoms with Crippen LogP contribution in [0.2, 0.25) is 0 Å². The SMILES string of the molecule is CC(=O)N(CCCl)C(=O)C(F)(F)F. The number of carbonyl (C=O) groups is 2. The molecule has 0 aliphatic heterocycles. The first-order valence-corrected chi connectivity index (χ1v) is 3.79. The van der Waals surface area contributed by atoms with Crippen LogP contribution < -0.4 is 0 Å². The predicted octanol–water partition coefficient (Wildman–Crippen LogP) is 1.16. The van der Waals surface area contributed by atoms with Crippen LogP contribution in [0.3, 0.4) is 0 Å². The van der Waals surface area contributed by atoms with Crippen molar-refractivity contribution in [3.8, 4) is 0 Å². The molecule has 0 aromatic carbocycles. The Hall–Kier alpha value is -0.780. The van der Waals surface area contributed by atoms with E-state index < -0.39 is 24.5 Å². The molecule has 0 saturated heterocycles. The van der Waals surface area contributed by atoms with Crippen LogP contribution in [0, 0.1) is 0 Å². The van der Waals surface area contributed by atoms with E-state index in [1.807, 2.05) is 0 Å². The molecule has 0 aliphatic carbocycles. The number of hydrogen-bond donors (Lipinski definition) is 0. The standard InChI is InChI=1S/C6H7ClF3NO2/c1-4(12)11(3-2-7)5(13)6(8,9)10/h2-3H2,1H3. The number of hydrogen-bond acceptors (Lipinski definition) is 2. The van der Waals surface area contributed by atoms with Crippen LogP contribution in [0.4, 0.5) is 13.2 Å². The normalized spacial score (nSPS) is 11.2. The van der Waals surface area contributed by atoms with Crippen LogP contribution in [0.15, 0.2) is 0 Å². The lowest BCUT2D eigenvalue weighted by Gasteiger charge is -2.18. The molecule has 0 fully saturated rings. The van der Waals surface area contributed by atoms with Gasteiger partial charge in [-0.15, -0.1) is 11.6 Å². The van der Waals surface area contributed by atoms with Crippen molar-refractivity contribution in [2.75, 3.05) is 12.4 Å². The summed E-state index contributed by atoms with van der Waals surface area (Å²) in [4.78, 5) is 21.1. The van der Waals surface area contributed by atoms with Crippen molar-refractivity contribution in [3.05, 3.63) is 0 Å². The molecule has 13 heavy (non-hydrogen) atoms. The van der Waals surface area contributed by atoms with E-state index in [4.69, 9.17) is 11.6 Å². The number of imide groups is 1. The molecular formula is C6H7ClF3NO2. The van der Waals surface area contributed by atoms with E-state index in [1.54, 1.807) is 0 Å². The summed E-state index contributed by atoms with van der Waals surface area (Å²) < 4.78 is 35.4. The highest BCUT2D eigenvalue weighted by atomic mass is 35.5. The summed E-state index contributed by atoms with van der Waals surface area (Å²) in [7, 11) is 0. The molecule has 0 aliphatic rings. The van der Waals surface area contributed by atoms with Gasteiger partial charge in [-0.05, 0) is 0 Å². The van der Waals surface area contributed by atoms with E-state index in [0.717, 1.165) is 6.92 Å². The zero-order chi connectivity index (χ0) is 10.6. The van der Waals surface area contributed by atoms with Gasteiger partial charge in [0.2, 0.25) is 5.91 Å². The van der Waals surface area contributed by atoms with Gasteiger partial charge in [0.25, 0.3) is 0 Å². The maximum atomic E-state index is 11.8. The molecule has 0 spiro atoms. The Morgan fingerprint density at radius 1 is 1.38 bits per heavy atom. The van der Waals surface area contributed by atoms with Gasteiger partial charge in [0, 0.05) is 19.3 Å². The maximum absolute atomic E-state index is 11.8. The van der Waals surface area contributed by atoms with Crippen LogP contribution >= 0.6 is 11.6 Å². The average molecular weight is 218 g/mol. The lowest BCUT2D eigenvalue weighted by molar-refractivity contribution is -0.187. The van der Waals surface area contributed by atoms with Crippen molar-refractivity contribution >= 4 is 23.4 Å². The minimum atomic E-state index is -5.03. The zero-order valence-corrected chi connectivity index (χ0v) is 7.45. The van der Waals surface area contributed by atoms with Gasteiger partial charge in [-0.3, -0.25) is 14.5 Å². The second kappa shape index (κ2) is 4.45. The Kier molecular flexibility index (Phi) is 4.19. The molecule has 0 aromatic heterocycles. The summed E-state index contributed by atoms with van der Waals surface area (Å²) in [5.74, 6) is -3.37. The van der Waals surface area contributed by atoms with Gasteiger partial charge in [0.15, 0.2) is 0 Å². The quantitative estimate of drug-likeness (QED) is 0.651. The van der Waals surface area contributed by atoms with Gasteiger partial charge in [-0.25, -0.2) is 0 Å². The number of nitrogens with zero attached hydrogens (tertiary/aromatic N) is 1. The fourth-order valence-electron chi connectivity index (χ4n) is 0.640. The third-order valence-corrected chi connectivity index (χ3v) is 1.34. The fraction of sp³-hybridized carbons (Fsp3) is 0.667. The van der Waals surface area contributed by atoms with Crippen molar-refractivity contribution in [1.82, 2.24) is 4.90 Å². The fourth-order valence-corrected chi connectivity index (χ4v) is 0.809. The molecule has 0 atom stereocenters. The van der Waals surface area contributed by atoms with Crippen LogP contribution in [-0.2, 0) is 9.59 Å². The number of halogens is 4. The first kappa shape index (κ1) is 12.2. The summed E-state index contributed by atoms with van der Waals surface area (Å²) in [6, 6.07) is 0. The summed E-state index contributed by atoms with van der Waals surface area (Å²) in [5.41, 5.74) is 0. The minimum absolute atomic E-state index is 0.0625. The van der Waals surface area contributed by atoms with Crippen LogP contribution in [-0.4, -0.2) is 35.3 Å². The van der Waals surface area contributed by atoms with E-state index in [9.17, 15) is 22.8 Å². The van der Waals surface area contributed by atoms with Gasteiger partial charge in [-0.1, -0.05) is 0 Å². The van der Waals surface area contributed by atoms with Crippen LogP contribution in [0.1, 0.15) is 6.92 Å². The number of alkyl halides is 4. The molecule has 2 amide bonds. The lowest BCUT2D eigenvalue weighted by Crippen LogP contribution is -2.44. The summed E-state index contributed by atoms with van der Waals surface area (Å²) >= 11 is 5.12. The highest BCUT2D eigenvalue weighted by molar-refractivity contribution is 6.18. The molecule has 0 rings (SSSR count). The Balaban J connectivity index is 4.56. The van der Waals surface area contributed by atoms with Gasteiger partial charge >= 0.3 is 12.1 Å². The zero-order valence-electron chi connectivity index (χ0n) is 6.69. The number of amides is 2. The molecule has 0 heterocycles. The van der Waals surface area contributed by atoms with Crippen LogP contribution in [0.5, 0.6) is 0 Å². The molecule has 0 aromatic rings. The highest BCUT2D eigenvalue weighted by Crippen LogP contribution is 2.18. The van der Waals surface area contributed by atoms with Crippen molar-refractivity contribution in [3.63, 3.8) is 0 Å². The smallest absolute Gasteiger partial charge is 0.275 e. The third kappa shape index (κ3) is 3.63. The number of rotatable bonds is 2. The van der Waals surface area contributed by atoms with E-state index >= 15 is 0 Å². The highest BCUT2D eigenvalue weighted by Gasteiger charge is 2.43. The van der Waals surface area contributed by atoms with Gasteiger partial charge in [0.1, 0.15) is 0 Å². The third-order valence-electron chi connectivity index (χ3n) is 1.18. The molecule has 0 bridgehead atoms. The Bertz CT molecular complexity index is 216. The van der Waals surface area contributed by atoms with E-state index in [0.29, 0.717) is 0 Å². The topological polar surface area (TPSA) is 37.4 Å². The van der Waals surface area contributed by atoms with Gasteiger partial charge < -0.3 is 0 Å². The summed E-state index contributed by atoms with van der Waals surface area (Å²) in [6.45, 7) is 0.436. The largest absolute Gasteiger partial charge is 0.471 e. The monoisotopic (exact) mass is 217 g/mol. The average Bonchev–Trinajstić information content (AvgIpc) is 1.96. The lowest BCUT2D eigenvalue weighted by atomic mass is 10.4.